The number of aliphatic hydroxyl groups is 1. The van der Waals surface area contributed by atoms with Crippen LogP contribution in [0.3, 0.4) is 0 Å². The van der Waals surface area contributed by atoms with Crippen LogP contribution < -0.4 is 10.1 Å². The number of nitrogens with one attached hydrogen (secondary N) is 1. The molecule has 4 heteroatoms. The number of hydrogen-bond acceptors (Lipinski definition) is 4. The molecule has 2 rings (SSSR count). The molecule has 0 aliphatic carbocycles. The van der Waals surface area contributed by atoms with Crippen molar-refractivity contribution in [2.45, 2.75) is 31.4 Å². The maximum Gasteiger partial charge on any atom is 0.141 e. The van der Waals surface area contributed by atoms with Crippen LogP contribution in [0, 0.1) is 0 Å². The summed E-state index contributed by atoms with van der Waals surface area (Å²) >= 11 is 0. The van der Waals surface area contributed by atoms with Gasteiger partial charge in [-0.15, -0.1) is 0 Å². The summed E-state index contributed by atoms with van der Waals surface area (Å²) in [6.45, 7) is 2.80. The summed E-state index contributed by atoms with van der Waals surface area (Å²) in [6.07, 6.45) is 1.75. The lowest BCUT2D eigenvalue weighted by molar-refractivity contribution is -0.0161. The predicted molar refractivity (Wildman–Crippen MR) is 71.1 cm³/mol. The first-order valence-electron chi connectivity index (χ1n) is 6.33. The van der Waals surface area contributed by atoms with Gasteiger partial charge < -0.3 is 19.9 Å². The molecule has 1 aromatic carbocycles. The normalized spacial score (nSPS) is 27.8. The fraction of sp³-hybridized carbons (Fsp3) is 0.571. The van der Waals surface area contributed by atoms with Crippen LogP contribution in [0.15, 0.2) is 24.3 Å². The third kappa shape index (κ3) is 2.76. The maximum atomic E-state index is 9.73. The molecule has 4 nitrogen and oxygen atoms in total. The number of benzene rings is 1. The smallest absolute Gasteiger partial charge is 0.141 e. The van der Waals surface area contributed by atoms with Gasteiger partial charge in [0.25, 0.3) is 0 Å². The summed E-state index contributed by atoms with van der Waals surface area (Å²) in [5, 5.41) is 13.2. The number of methoxy groups -OCH3 is 1. The third-order valence-corrected chi connectivity index (χ3v) is 3.47. The van der Waals surface area contributed by atoms with Crippen LogP contribution in [-0.2, 0) is 4.74 Å². The summed E-state index contributed by atoms with van der Waals surface area (Å²) in [4.78, 5) is 0. The fourth-order valence-corrected chi connectivity index (χ4v) is 2.50. The van der Waals surface area contributed by atoms with Gasteiger partial charge in [0.1, 0.15) is 5.75 Å². The summed E-state index contributed by atoms with van der Waals surface area (Å²) in [7, 11) is 1.65. The Morgan fingerprint density at radius 1 is 1.50 bits per heavy atom. The maximum absolute atomic E-state index is 9.73. The Bertz CT molecular complexity index is 396. The molecule has 2 N–H and O–H groups in total. The molecule has 0 aromatic heterocycles. The lowest BCUT2D eigenvalue weighted by Crippen LogP contribution is -2.49. The second-order valence-corrected chi connectivity index (χ2v) is 4.90. The zero-order chi connectivity index (χ0) is 13.0. The van der Waals surface area contributed by atoms with Crippen molar-refractivity contribution in [3.8, 4) is 5.75 Å². The van der Waals surface area contributed by atoms with Crippen LogP contribution in [0.2, 0.25) is 0 Å². The van der Waals surface area contributed by atoms with E-state index in [-0.39, 0.29) is 18.2 Å². The van der Waals surface area contributed by atoms with Crippen LogP contribution in [-0.4, -0.2) is 37.1 Å². The molecule has 1 fully saturated rings. The number of hydrogen-bond donors (Lipinski definition) is 2. The first-order chi connectivity index (χ1) is 8.69. The monoisotopic (exact) mass is 251 g/mol. The molecule has 100 valence electrons. The van der Waals surface area contributed by atoms with E-state index in [9.17, 15) is 5.11 Å². The summed E-state index contributed by atoms with van der Waals surface area (Å²) in [5.41, 5.74) is 0.606. The number of para-hydroxylation sites is 2. The molecule has 0 radical (unpaired) electrons. The SMILES string of the molecule is COc1ccccc1NC1(CO)CCOC(C)C1. The molecule has 1 heterocycles. The van der Waals surface area contributed by atoms with Crippen LogP contribution >= 0.6 is 0 Å². The molecular weight excluding hydrogens is 230 g/mol. The van der Waals surface area contributed by atoms with E-state index in [1.807, 2.05) is 31.2 Å². The molecular formula is C14H21NO3. The van der Waals surface area contributed by atoms with E-state index < -0.39 is 0 Å². The van der Waals surface area contributed by atoms with E-state index in [4.69, 9.17) is 9.47 Å². The Morgan fingerprint density at radius 3 is 2.94 bits per heavy atom. The van der Waals surface area contributed by atoms with Crippen molar-refractivity contribution in [2.75, 3.05) is 25.6 Å². The Labute approximate surface area is 108 Å². The minimum Gasteiger partial charge on any atom is -0.495 e. The van der Waals surface area contributed by atoms with E-state index in [0.717, 1.165) is 24.3 Å². The van der Waals surface area contributed by atoms with E-state index in [2.05, 4.69) is 5.32 Å². The predicted octanol–water partition coefficient (Wildman–Crippen LogP) is 2.04. The van der Waals surface area contributed by atoms with Gasteiger partial charge in [-0.1, -0.05) is 12.1 Å². The Morgan fingerprint density at radius 2 is 2.28 bits per heavy atom. The molecule has 18 heavy (non-hydrogen) atoms. The van der Waals surface area contributed by atoms with Gasteiger partial charge in [0, 0.05) is 6.61 Å². The molecule has 1 aliphatic heterocycles. The van der Waals surface area contributed by atoms with Crippen LogP contribution in [0.25, 0.3) is 0 Å². The standard InChI is InChI=1S/C14H21NO3/c1-11-9-14(10-16,7-8-18-11)15-12-5-3-4-6-13(12)17-2/h3-6,11,15-16H,7-10H2,1-2H3. The van der Waals surface area contributed by atoms with E-state index in [1.165, 1.54) is 0 Å². The minimum absolute atomic E-state index is 0.0960. The van der Waals surface area contributed by atoms with Gasteiger partial charge in [0.15, 0.2) is 0 Å². The average Bonchev–Trinajstić information content (AvgIpc) is 2.39. The molecule has 0 amide bonds. The second kappa shape index (κ2) is 5.59. The van der Waals surface area contributed by atoms with Gasteiger partial charge >= 0.3 is 0 Å². The molecule has 2 atom stereocenters. The van der Waals surface area contributed by atoms with Crippen molar-refractivity contribution in [3.05, 3.63) is 24.3 Å². The van der Waals surface area contributed by atoms with E-state index >= 15 is 0 Å². The van der Waals surface area contributed by atoms with Crippen molar-refractivity contribution >= 4 is 5.69 Å². The Hall–Kier alpha value is -1.26. The summed E-state index contributed by atoms with van der Waals surface area (Å²) in [5.74, 6) is 0.796. The van der Waals surface area contributed by atoms with Crippen molar-refractivity contribution in [1.82, 2.24) is 0 Å². The Kier molecular flexibility index (Phi) is 4.09. The van der Waals surface area contributed by atoms with Crippen molar-refractivity contribution in [3.63, 3.8) is 0 Å². The zero-order valence-electron chi connectivity index (χ0n) is 11.0. The van der Waals surface area contributed by atoms with Gasteiger partial charge in [0.2, 0.25) is 0 Å². The van der Waals surface area contributed by atoms with Crippen LogP contribution in [0.1, 0.15) is 19.8 Å². The lowest BCUT2D eigenvalue weighted by atomic mass is 9.87. The molecule has 1 aliphatic rings. The van der Waals surface area contributed by atoms with E-state index in [0.29, 0.717) is 6.61 Å². The summed E-state index contributed by atoms with van der Waals surface area (Å²) < 4.78 is 10.9. The highest BCUT2D eigenvalue weighted by atomic mass is 16.5. The van der Waals surface area contributed by atoms with Gasteiger partial charge in [-0.2, -0.15) is 0 Å². The molecule has 0 spiro atoms. The number of ether oxygens (including phenoxy) is 2. The van der Waals surface area contributed by atoms with Crippen molar-refractivity contribution in [1.29, 1.82) is 0 Å². The quantitative estimate of drug-likeness (QED) is 0.859. The fourth-order valence-electron chi connectivity index (χ4n) is 2.50. The van der Waals surface area contributed by atoms with Gasteiger partial charge in [0.05, 0.1) is 31.0 Å². The molecule has 1 saturated heterocycles. The molecule has 0 bridgehead atoms. The highest BCUT2D eigenvalue weighted by Crippen LogP contribution is 2.32. The first kappa shape index (κ1) is 13.2. The lowest BCUT2D eigenvalue weighted by Gasteiger charge is -2.40. The van der Waals surface area contributed by atoms with Crippen molar-refractivity contribution < 1.29 is 14.6 Å². The first-order valence-corrected chi connectivity index (χ1v) is 6.33. The van der Waals surface area contributed by atoms with E-state index in [1.54, 1.807) is 7.11 Å². The number of rotatable bonds is 4. The summed E-state index contributed by atoms with van der Waals surface area (Å²) in [6, 6.07) is 7.77. The number of anilines is 1. The molecule has 2 unspecified atom stereocenters. The highest BCUT2D eigenvalue weighted by molar-refractivity contribution is 5.57. The Balaban J connectivity index is 2.19. The van der Waals surface area contributed by atoms with Gasteiger partial charge in [-0.3, -0.25) is 0 Å². The average molecular weight is 251 g/mol. The zero-order valence-corrected chi connectivity index (χ0v) is 11.0. The third-order valence-electron chi connectivity index (χ3n) is 3.47. The van der Waals surface area contributed by atoms with Gasteiger partial charge in [-0.05, 0) is 31.9 Å². The van der Waals surface area contributed by atoms with Crippen LogP contribution in [0.5, 0.6) is 5.75 Å². The second-order valence-electron chi connectivity index (χ2n) is 4.90. The minimum atomic E-state index is -0.313. The molecule has 1 aromatic rings. The topological polar surface area (TPSA) is 50.7 Å². The number of aliphatic hydroxyl groups excluding tert-OH is 1. The van der Waals surface area contributed by atoms with Crippen molar-refractivity contribution in [2.24, 2.45) is 0 Å². The van der Waals surface area contributed by atoms with Crippen LogP contribution in [0.4, 0.5) is 5.69 Å². The highest BCUT2D eigenvalue weighted by Gasteiger charge is 2.35. The largest absolute Gasteiger partial charge is 0.495 e. The molecule has 0 saturated carbocycles. The van der Waals surface area contributed by atoms with Gasteiger partial charge in [-0.25, -0.2) is 0 Å².